The first-order valence-electron chi connectivity index (χ1n) is 7.44. The van der Waals surface area contributed by atoms with Crippen molar-refractivity contribution >= 4 is 11.0 Å². The molecule has 1 saturated carbocycles. The first-order chi connectivity index (χ1) is 9.99. The predicted octanol–water partition coefficient (Wildman–Crippen LogP) is 2.22. The monoisotopic (exact) mass is 288 g/mol. The Bertz CT molecular complexity index is 769. The van der Waals surface area contributed by atoms with Crippen LogP contribution in [0.5, 0.6) is 0 Å². The zero-order valence-corrected chi connectivity index (χ0v) is 12.1. The molecular formula is C16H20N2O3. The molecule has 0 bridgehead atoms. The molecule has 3 N–H and O–H groups in total. The zero-order valence-electron chi connectivity index (χ0n) is 12.1. The van der Waals surface area contributed by atoms with Gasteiger partial charge in [0.25, 0.3) is 0 Å². The summed E-state index contributed by atoms with van der Waals surface area (Å²) in [5.74, 6) is 0. The van der Waals surface area contributed by atoms with Crippen LogP contribution in [-0.4, -0.2) is 15.1 Å². The molecule has 1 atom stereocenters. The minimum absolute atomic E-state index is 0.117. The summed E-state index contributed by atoms with van der Waals surface area (Å²) in [6.45, 7) is 2.12. The highest BCUT2D eigenvalue weighted by Gasteiger charge is 2.35. The van der Waals surface area contributed by atoms with Crippen molar-refractivity contribution in [2.24, 2.45) is 5.41 Å². The summed E-state index contributed by atoms with van der Waals surface area (Å²) >= 11 is 0. The minimum Gasteiger partial charge on any atom is -0.388 e. The van der Waals surface area contributed by atoms with Gasteiger partial charge in [0, 0.05) is 0 Å². The molecule has 1 aliphatic rings. The fourth-order valence-corrected chi connectivity index (χ4v) is 3.34. The van der Waals surface area contributed by atoms with Crippen LogP contribution < -0.4 is 11.1 Å². The van der Waals surface area contributed by atoms with E-state index in [-0.39, 0.29) is 5.41 Å². The van der Waals surface area contributed by atoms with Crippen molar-refractivity contribution in [1.82, 2.24) is 9.97 Å². The lowest BCUT2D eigenvalue weighted by Gasteiger charge is -2.38. The molecule has 112 valence electrons. The van der Waals surface area contributed by atoms with E-state index in [0.29, 0.717) is 11.0 Å². The molecule has 1 aliphatic carbocycles. The van der Waals surface area contributed by atoms with Crippen LogP contribution in [0.4, 0.5) is 0 Å². The zero-order chi connectivity index (χ0) is 15.0. The van der Waals surface area contributed by atoms with Crippen molar-refractivity contribution in [2.75, 3.05) is 0 Å². The number of aromatic amines is 2. The molecule has 0 spiro atoms. The normalized spacial score (nSPS) is 19.5. The van der Waals surface area contributed by atoms with E-state index in [0.717, 1.165) is 31.2 Å². The van der Waals surface area contributed by atoms with Crippen LogP contribution in [0.15, 0.2) is 27.8 Å². The summed E-state index contributed by atoms with van der Waals surface area (Å²) in [6, 6.07) is 5.32. The van der Waals surface area contributed by atoms with Crippen LogP contribution in [0.3, 0.4) is 0 Å². The fourth-order valence-electron chi connectivity index (χ4n) is 3.34. The topological polar surface area (TPSA) is 85.9 Å². The number of aromatic nitrogens is 2. The molecule has 5 nitrogen and oxygen atoms in total. The van der Waals surface area contributed by atoms with Gasteiger partial charge in [0.15, 0.2) is 0 Å². The van der Waals surface area contributed by atoms with E-state index in [1.165, 1.54) is 6.42 Å². The van der Waals surface area contributed by atoms with E-state index in [1.807, 2.05) is 6.07 Å². The molecule has 5 heteroatoms. The molecule has 0 aliphatic heterocycles. The highest BCUT2D eigenvalue weighted by molar-refractivity contribution is 5.74. The molecule has 0 radical (unpaired) electrons. The van der Waals surface area contributed by atoms with Gasteiger partial charge in [0.2, 0.25) is 0 Å². The maximum Gasteiger partial charge on any atom is 0.314 e. The van der Waals surface area contributed by atoms with Gasteiger partial charge in [0.05, 0.1) is 17.1 Å². The van der Waals surface area contributed by atoms with Crippen LogP contribution >= 0.6 is 0 Å². The average molecular weight is 288 g/mol. The molecule has 0 saturated heterocycles. The van der Waals surface area contributed by atoms with E-state index in [1.54, 1.807) is 12.1 Å². The maximum absolute atomic E-state index is 11.4. The largest absolute Gasteiger partial charge is 0.388 e. The van der Waals surface area contributed by atoms with Gasteiger partial charge in [-0.25, -0.2) is 0 Å². The van der Waals surface area contributed by atoms with Gasteiger partial charge >= 0.3 is 11.1 Å². The molecule has 1 unspecified atom stereocenters. The summed E-state index contributed by atoms with van der Waals surface area (Å²) in [7, 11) is 0. The second-order valence-corrected chi connectivity index (χ2v) is 6.33. The molecule has 0 amide bonds. The van der Waals surface area contributed by atoms with Crippen LogP contribution in [0.2, 0.25) is 0 Å². The number of hydrogen-bond acceptors (Lipinski definition) is 3. The summed E-state index contributed by atoms with van der Waals surface area (Å²) < 4.78 is 0. The third kappa shape index (κ3) is 2.53. The van der Waals surface area contributed by atoms with Gasteiger partial charge < -0.3 is 15.1 Å². The first kappa shape index (κ1) is 14.1. The molecule has 1 fully saturated rings. The van der Waals surface area contributed by atoms with Gasteiger partial charge in [-0.3, -0.25) is 9.59 Å². The lowest BCUT2D eigenvalue weighted by molar-refractivity contribution is 0.00827. The SMILES string of the molecule is CC1(C(O)c2ccc3[nH]c(=O)c(=O)[nH]c3c2)CCCCC1. The molecule has 3 rings (SSSR count). The second kappa shape index (κ2) is 5.15. The summed E-state index contributed by atoms with van der Waals surface area (Å²) in [6.07, 6.45) is 4.98. The summed E-state index contributed by atoms with van der Waals surface area (Å²) in [5.41, 5.74) is 0.469. The van der Waals surface area contributed by atoms with Gasteiger partial charge in [0.1, 0.15) is 0 Å². The number of fused-ring (bicyclic) bond motifs is 1. The Labute approximate surface area is 122 Å². The average Bonchev–Trinajstić information content (AvgIpc) is 2.48. The van der Waals surface area contributed by atoms with Gasteiger partial charge in [-0.05, 0) is 36.0 Å². The lowest BCUT2D eigenvalue weighted by atomic mass is 9.70. The Kier molecular flexibility index (Phi) is 3.45. The third-order valence-corrected chi connectivity index (χ3v) is 4.72. The number of rotatable bonds is 2. The minimum atomic E-state index is -0.669. The van der Waals surface area contributed by atoms with Crippen LogP contribution in [0.25, 0.3) is 11.0 Å². The van der Waals surface area contributed by atoms with E-state index < -0.39 is 17.2 Å². The standard InChI is InChI=1S/C16H20N2O3/c1-16(7-3-2-4-8-16)13(19)10-5-6-11-12(9-10)18-15(21)14(20)17-11/h5-6,9,13,19H,2-4,7-8H2,1H3,(H,17,20)(H,18,21). The number of benzene rings is 1. The van der Waals surface area contributed by atoms with Gasteiger partial charge in [-0.1, -0.05) is 32.3 Å². The second-order valence-electron chi connectivity index (χ2n) is 6.33. The van der Waals surface area contributed by atoms with Crippen molar-refractivity contribution in [1.29, 1.82) is 0 Å². The molecule has 2 aromatic rings. The molecule has 1 aromatic heterocycles. The Morgan fingerprint density at radius 2 is 1.67 bits per heavy atom. The fraction of sp³-hybridized carbons (Fsp3) is 0.500. The summed E-state index contributed by atoms with van der Waals surface area (Å²) in [5, 5.41) is 10.7. The first-order valence-corrected chi connectivity index (χ1v) is 7.44. The number of nitrogens with one attached hydrogen (secondary N) is 2. The molecule has 1 heterocycles. The van der Waals surface area contributed by atoms with Crippen LogP contribution in [0.1, 0.15) is 50.7 Å². The van der Waals surface area contributed by atoms with Crippen molar-refractivity contribution in [3.63, 3.8) is 0 Å². The van der Waals surface area contributed by atoms with Crippen molar-refractivity contribution in [3.8, 4) is 0 Å². The van der Waals surface area contributed by atoms with Crippen LogP contribution in [0, 0.1) is 5.41 Å². The number of aliphatic hydroxyl groups excluding tert-OH is 1. The highest BCUT2D eigenvalue weighted by Crippen LogP contribution is 2.45. The van der Waals surface area contributed by atoms with Crippen molar-refractivity contribution in [2.45, 2.75) is 45.1 Å². The van der Waals surface area contributed by atoms with Crippen LogP contribution in [-0.2, 0) is 0 Å². The maximum atomic E-state index is 11.4. The number of hydrogen-bond donors (Lipinski definition) is 3. The van der Waals surface area contributed by atoms with E-state index in [4.69, 9.17) is 0 Å². The van der Waals surface area contributed by atoms with E-state index in [9.17, 15) is 14.7 Å². The highest BCUT2D eigenvalue weighted by atomic mass is 16.3. The molecule has 1 aromatic carbocycles. The van der Waals surface area contributed by atoms with E-state index >= 15 is 0 Å². The third-order valence-electron chi connectivity index (χ3n) is 4.72. The quantitative estimate of drug-likeness (QED) is 0.741. The predicted molar refractivity (Wildman–Crippen MR) is 81.3 cm³/mol. The molecule has 21 heavy (non-hydrogen) atoms. The van der Waals surface area contributed by atoms with Gasteiger partial charge in [-0.2, -0.15) is 0 Å². The van der Waals surface area contributed by atoms with Gasteiger partial charge in [-0.15, -0.1) is 0 Å². The van der Waals surface area contributed by atoms with E-state index in [2.05, 4.69) is 16.9 Å². The Balaban J connectivity index is 2.02. The van der Waals surface area contributed by atoms with Crippen molar-refractivity contribution < 1.29 is 5.11 Å². The Hall–Kier alpha value is -1.88. The summed E-state index contributed by atoms with van der Waals surface area (Å²) in [4.78, 5) is 27.8. The lowest BCUT2D eigenvalue weighted by Crippen LogP contribution is -2.30. The molecular weight excluding hydrogens is 268 g/mol. The Morgan fingerprint density at radius 1 is 1.05 bits per heavy atom. The number of H-pyrrole nitrogens is 2. The number of aliphatic hydroxyl groups is 1. The Morgan fingerprint density at radius 3 is 2.33 bits per heavy atom. The van der Waals surface area contributed by atoms with Crippen molar-refractivity contribution in [3.05, 3.63) is 44.5 Å². The smallest absolute Gasteiger partial charge is 0.314 e.